The molecular formula is C17H16N2O. The Labute approximate surface area is 117 Å². The standard InChI is InChI=1S/C17H16N2O/c1-11-3-7-13(8-4-11)15-16(19-17(20)18-15)14-9-5-12(2)6-10-14/h3-10H,1-2H3,(H2,18,19,20). The first-order chi connectivity index (χ1) is 9.63. The van der Waals surface area contributed by atoms with E-state index in [-0.39, 0.29) is 5.69 Å². The number of aryl methyl sites for hydroxylation is 2. The molecule has 2 N–H and O–H groups in total. The Morgan fingerprint density at radius 1 is 0.650 bits per heavy atom. The van der Waals surface area contributed by atoms with Gasteiger partial charge in [-0.3, -0.25) is 0 Å². The first kappa shape index (κ1) is 12.5. The van der Waals surface area contributed by atoms with E-state index in [0.29, 0.717) is 0 Å². The molecule has 0 aliphatic rings. The SMILES string of the molecule is Cc1ccc(-c2[nH]c(=O)[nH]c2-c2ccc(C)cc2)cc1. The summed E-state index contributed by atoms with van der Waals surface area (Å²) in [5.74, 6) is 0. The van der Waals surface area contributed by atoms with Crippen LogP contribution in [0.15, 0.2) is 53.3 Å². The summed E-state index contributed by atoms with van der Waals surface area (Å²) in [4.78, 5) is 17.4. The van der Waals surface area contributed by atoms with Crippen LogP contribution < -0.4 is 5.69 Å². The number of rotatable bonds is 2. The number of aromatic amines is 2. The lowest BCUT2D eigenvalue weighted by atomic mass is 10.0. The van der Waals surface area contributed by atoms with E-state index in [9.17, 15) is 4.79 Å². The number of H-pyrrole nitrogens is 2. The van der Waals surface area contributed by atoms with Gasteiger partial charge in [0.1, 0.15) is 0 Å². The highest BCUT2D eigenvalue weighted by atomic mass is 16.1. The van der Waals surface area contributed by atoms with Gasteiger partial charge in [-0.2, -0.15) is 0 Å². The van der Waals surface area contributed by atoms with Crippen molar-refractivity contribution in [2.45, 2.75) is 13.8 Å². The smallest absolute Gasteiger partial charge is 0.305 e. The van der Waals surface area contributed by atoms with Crippen LogP contribution in [0.1, 0.15) is 11.1 Å². The fourth-order valence-corrected chi connectivity index (χ4v) is 2.26. The van der Waals surface area contributed by atoms with Crippen LogP contribution in [0.4, 0.5) is 0 Å². The van der Waals surface area contributed by atoms with Crippen molar-refractivity contribution in [2.75, 3.05) is 0 Å². The summed E-state index contributed by atoms with van der Waals surface area (Å²) in [5, 5.41) is 0. The van der Waals surface area contributed by atoms with Crippen molar-refractivity contribution >= 4 is 0 Å². The molecule has 3 rings (SSSR count). The van der Waals surface area contributed by atoms with Gasteiger partial charge in [0.25, 0.3) is 0 Å². The highest BCUT2D eigenvalue weighted by Gasteiger charge is 2.11. The molecule has 0 saturated carbocycles. The molecular weight excluding hydrogens is 248 g/mol. The maximum absolute atomic E-state index is 11.7. The van der Waals surface area contributed by atoms with Crippen molar-refractivity contribution in [2.24, 2.45) is 0 Å². The summed E-state index contributed by atoms with van der Waals surface area (Å²) in [5.41, 5.74) is 5.88. The van der Waals surface area contributed by atoms with Gasteiger partial charge in [0.15, 0.2) is 0 Å². The molecule has 1 heterocycles. The summed E-state index contributed by atoms with van der Waals surface area (Å²) in [7, 11) is 0. The minimum atomic E-state index is -0.184. The zero-order chi connectivity index (χ0) is 14.1. The molecule has 3 nitrogen and oxygen atoms in total. The second-order valence-corrected chi connectivity index (χ2v) is 5.06. The van der Waals surface area contributed by atoms with Gasteiger partial charge < -0.3 is 9.97 Å². The Hall–Kier alpha value is -2.55. The predicted molar refractivity (Wildman–Crippen MR) is 81.8 cm³/mol. The second kappa shape index (κ2) is 4.85. The van der Waals surface area contributed by atoms with Crippen molar-refractivity contribution in [1.82, 2.24) is 9.97 Å². The van der Waals surface area contributed by atoms with Gasteiger partial charge in [-0.1, -0.05) is 59.7 Å². The third-order valence-corrected chi connectivity index (χ3v) is 3.41. The van der Waals surface area contributed by atoms with Gasteiger partial charge >= 0.3 is 5.69 Å². The lowest BCUT2D eigenvalue weighted by molar-refractivity contribution is 1.19. The molecule has 2 aromatic carbocycles. The zero-order valence-electron chi connectivity index (χ0n) is 11.5. The third kappa shape index (κ3) is 2.30. The molecule has 0 atom stereocenters. The zero-order valence-corrected chi connectivity index (χ0v) is 11.5. The minimum Gasteiger partial charge on any atom is -0.305 e. The normalized spacial score (nSPS) is 10.7. The molecule has 0 saturated heterocycles. The van der Waals surface area contributed by atoms with Gasteiger partial charge in [-0.25, -0.2) is 4.79 Å². The molecule has 100 valence electrons. The van der Waals surface area contributed by atoms with Crippen molar-refractivity contribution in [3.05, 3.63) is 70.1 Å². The Balaban J connectivity index is 2.15. The number of hydrogen-bond acceptors (Lipinski definition) is 1. The van der Waals surface area contributed by atoms with E-state index >= 15 is 0 Å². The van der Waals surface area contributed by atoms with Crippen LogP contribution in [0.2, 0.25) is 0 Å². The molecule has 0 spiro atoms. The van der Waals surface area contributed by atoms with Crippen molar-refractivity contribution in [3.8, 4) is 22.5 Å². The van der Waals surface area contributed by atoms with Gasteiger partial charge in [-0.05, 0) is 13.8 Å². The Morgan fingerprint density at radius 3 is 1.35 bits per heavy atom. The minimum absolute atomic E-state index is 0.184. The molecule has 0 aliphatic heterocycles. The molecule has 0 fully saturated rings. The van der Waals surface area contributed by atoms with E-state index in [2.05, 4.69) is 9.97 Å². The van der Waals surface area contributed by atoms with E-state index in [1.165, 1.54) is 11.1 Å². The summed E-state index contributed by atoms with van der Waals surface area (Å²) in [6.45, 7) is 4.09. The van der Waals surface area contributed by atoms with Gasteiger partial charge in [0.2, 0.25) is 0 Å². The maximum Gasteiger partial charge on any atom is 0.323 e. The number of benzene rings is 2. The quantitative estimate of drug-likeness (QED) is 0.729. The molecule has 1 aromatic heterocycles. The number of imidazole rings is 1. The molecule has 3 aromatic rings. The van der Waals surface area contributed by atoms with Crippen molar-refractivity contribution in [3.63, 3.8) is 0 Å². The van der Waals surface area contributed by atoms with Crippen LogP contribution in [0.3, 0.4) is 0 Å². The number of nitrogens with one attached hydrogen (secondary N) is 2. The average molecular weight is 264 g/mol. The topological polar surface area (TPSA) is 48.6 Å². The lowest BCUT2D eigenvalue weighted by Crippen LogP contribution is -2.00. The largest absolute Gasteiger partial charge is 0.323 e. The number of aromatic nitrogens is 2. The molecule has 20 heavy (non-hydrogen) atoms. The summed E-state index contributed by atoms with van der Waals surface area (Å²) in [6, 6.07) is 16.2. The first-order valence-electron chi connectivity index (χ1n) is 6.60. The Morgan fingerprint density at radius 2 is 1.00 bits per heavy atom. The molecule has 0 amide bonds. The van der Waals surface area contributed by atoms with Gasteiger partial charge in [0.05, 0.1) is 11.4 Å². The summed E-state index contributed by atoms with van der Waals surface area (Å²) in [6.07, 6.45) is 0. The molecule has 0 unspecified atom stereocenters. The fraction of sp³-hybridized carbons (Fsp3) is 0.118. The van der Waals surface area contributed by atoms with Crippen LogP contribution in [0.25, 0.3) is 22.5 Å². The maximum atomic E-state index is 11.7. The van der Waals surface area contributed by atoms with Gasteiger partial charge in [0, 0.05) is 11.1 Å². The second-order valence-electron chi connectivity index (χ2n) is 5.06. The van der Waals surface area contributed by atoms with Crippen LogP contribution in [-0.2, 0) is 0 Å². The Bertz CT molecular complexity index is 711. The molecule has 0 bridgehead atoms. The van der Waals surface area contributed by atoms with Crippen LogP contribution in [-0.4, -0.2) is 9.97 Å². The van der Waals surface area contributed by atoms with E-state index in [1.54, 1.807) is 0 Å². The predicted octanol–water partition coefficient (Wildman–Crippen LogP) is 3.65. The lowest BCUT2D eigenvalue weighted by Gasteiger charge is -2.05. The van der Waals surface area contributed by atoms with Gasteiger partial charge in [-0.15, -0.1) is 0 Å². The number of hydrogen-bond donors (Lipinski definition) is 2. The monoisotopic (exact) mass is 264 g/mol. The van der Waals surface area contributed by atoms with Crippen LogP contribution >= 0.6 is 0 Å². The van der Waals surface area contributed by atoms with Crippen LogP contribution in [0.5, 0.6) is 0 Å². The van der Waals surface area contributed by atoms with E-state index in [1.807, 2.05) is 62.4 Å². The van der Waals surface area contributed by atoms with E-state index in [0.717, 1.165) is 22.5 Å². The summed E-state index contributed by atoms with van der Waals surface area (Å²) < 4.78 is 0. The van der Waals surface area contributed by atoms with Crippen LogP contribution in [0, 0.1) is 13.8 Å². The highest BCUT2D eigenvalue weighted by Crippen LogP contribution is 2.28. The average Bonchev–Trinajstić information content (AvgIpc) is 2.82. The summed E-state index contributed by atoms with van der Waals surface area (Å²) >= 11 is 0. The van der Waals surface area contributed by atoms with Crippen molar-refractivity contribution in [1.29, 1.82) is 0 Å². The van der Waals surface area contributed by atoms with E-state index in [4.69, 9.17) is 0 Å². The molecule has 3 heteroatoms. The fourth-order valence-electron chi connectivity index (χ4n) is 2.26. The van der Waals surface area contributed by atoms with E-state index < -0.39 is 0 Å². The Kier molecular flexibility index (Phi) is 3.03. The molecule has 0 aliphatic carbocycles. The first-order valence-corrected chi connectivity index (χ1v) is 6.60. The third-order valence-electron chi connectivity index (χ3n) is 3.41. The highest BCUT2D eigenvalue weighted by molar-refractivity contribution is 5.78. The molecule has 0 radical (unpaired) electrons. The van der Waals surface area contributed by atoms with Crippen molar-refractivity contribution < 1.29 is 0 Å².